The van der Waals surface area contributed by atoms with Crippen LogP contribution in [0.25, 0.3) is 0 Å². The summed E-state index contributed by atoms with van der Waals surface area (Å²) in [6.45, 7) is 0. The van der Waals surface area contributed by atoms with Crippen LogP contribution < -0.4 is 4.90 Å². The predicted octanol–water partition coefficient (Wildman–Crippen LogP) is 1.66. The van der Waals surface area contributed by atoms with Crippen LogP contribution in [-0.4, -0.2) is 39.2 Å². The minimum absolute atomic E-state index is 0.0875. The fourth-order valence-electron chi connectivity index (χ4n) is 3.78. The van der Waals surface area contributed by atoms with Crippen LogP contribution >= 0.6 is 0 Å². The maximum atomic E-state index is 12.8. The third-order valence-corrected chi connectivity index (χ3v) is 4.80. The highest BCUT2D eigenvalue weighted by Gasteiger charge is 2.61. The van der Waals surface area contributed by atoms with E-state index in [2.05, 4.69) is 0 Å². The molecule has 5 heteroatoms. The van der Waals surface area contributed by atoms with Crippen molar-refractivity contribution in [3.8, 4) is 0 Å². The van der Waals surface area contributed by atoms with E-state index in [9.17, 15) is 9.59 Å². The van der Waals surface area contributed by atoms with E-state index in [1.165, 1.54) is 7.11 Å². The number of para-hydroxylation sites is 1. The van der Waals surface area contributed by atoms with Crippen LogP contribution in [0.4, 0.5) is 5.69 Å². The van der Waals surface area contributed by atoms with Crippen LogP contribution in [0.15, 0.2) is 36.4 Å². The number of hydrogen-bond donors (Lipinski definition) is 0. The van der Waals surface area contributed by atoms with Crippen LogP contribution in [0, 0.1) is 5.92 Å². The number of hydrogen-bond acceptors (Lipinski definition) is 4. The van der Waals surface area contributed by atoms with E-state index in [1.807, 2.05) is 36.4 Å². The molecule has 0 saturated carbocycles. The number of methoxy groups -OCH3 is 2. The van der Waals surface area contributed by atoms with Crippen LogP contribution in [-0.2, 0) is 24.5 Å². The van der Waals surface area contributed by atoms with Crippen LogP contribution in [0.2, 0.25) is 0 Å². The average Bonchev–Trinajstić information content (AvgIpc) is 2.58. The summed E-state index contributed by atoms with van der Waals surface area (Å²) in [7, 11) is 4.64. The Hall–Kier alpha value is -2.14. The van der Waals surface area contributed by atoms with E-state index >= 15 is 0 Å². The number of fused-ring (bicyclic) bond motifs is 3. The van der Waals surface area contributed by atoms with E-state index in [1.54, 1.807) is 19.1 Å². The first-order chi connectivity index (χ1) is 10.6. The molecule has 3 atom stereocenters. The van der Waals surface area contributed by atoms with Crippen molar-refractivity contribution in [3.63, 3.8) is 0 Å². The third-order valence-electron chi connectivity index (χ3n) is 4.80. The Morgan fingerprint density at radius 2 is 2.05 bits per heavy atom. The van der Waals surface area contributed by atoms with Gasteiger partial charge in [-0.05, 0) is 18.1 Å². The Kier molecular flexibility index (Phi) is 3.53. The molecule has 0 unspecified atom stereocenters. The van der Waals surface area contributed by atoms with Gasteiger partial charge in [-0.1, -0.05) is 30.4 Å². The van der Waals surface area contributed by atoms with Gasteiger partial charge in [0, 0.05) is 19.8 Å². The minimum atomic E-state index is -1.13. The lowest BCUT2D eigenvalue weighted by Gasteiger charge is -2.49. The first-order valence-electron chi connectivity index (χ1n) is 7.24. The number of allylic oxidation sites excluding steroid dienone is 1. The molecular formula is C17H19NO4. The lowest BCUT2D eigenvalue weighted by molar-refractivity contribution is -0.160. The molecule has 1 aliphatic carbocycles. The Morgan fingerprint density at radius 3 is 2.73 bits per heavy atom. The zero-order valence-corrected chi connectivity index (χ0v) is 12.9. The number of carbonyl (C=O) groups excluding carboxylic acids is 2. The van der Waals surface area contributed by atoms with E-state index in [4.69, 9.17) is 9.47 Å². The Morgan fingerprint density at radius 1 is 1.32 bits per heavy atom. The second kappa shape index (κ2) is 5.25. The normalized spacial score (nSPS) is 29.8. The first kappa shape index (κ1) is 14.8. The van der Waals surface area contributed by atoms with Gasteiger partial charge in [-0.25, -0.2) is 0 Å². The van der Waals surface area contributed by atoms with Gasteiger partial charge in [0.1, 0.15) is 5.41 Å². The highest BCUT2D eigenvalue weighted by molar-refractivity contribution is 6.06. The predicted molar refractivity (Wildman–Crippen MR) is 81.6 cm³/mol. The lowest BCUT2D eigenvalue weighted by atomic mass is 9.60. The smallest absolute Gasteiger partial charge is 0.320 e. The number of esters is 1. The van der Waals surface area contributed by atoms with Crippen LogP contribution in [0.1, 0.15) is 12.0 Å². The molecule has 0 fully saturated rings. The van der Waals surface area contributed by atoms with E-state index in [0.717, 1.165) is 11.3 Å². The van der Waals surface area contributed by atoms with Crippen molar-refractivity contribution < 1.29 is 19.1 Å². The van der Waals surface area contributed by atoms with Crippen molar-refractivity contribution >= 4 is 17.6 Å². The number of amides is 1. The van der Waals surface area contributed by atoms with Crippen molar-refractivity contribution in [2.24, 2.45) is 5.92 Å². The molecule has 0 spiro atoms. The highest BCUT2D eigenvalue weighted by Crippen LogP contribution is 2.50. The Bertz CT molecular complexity index is 654. The van der Waals surface area contributed by atoms with E-state index < -0.39 is 23.4 Å². The maximum Gasteiger partial charge on any atom is 0.320 e. The molecule has 2 aliphatic rings. The standard InChI is InChI=1S/C17H19NO4/c1-18-13-9-5-4-7-11(13)17(16(20)22-3)12(15(18)19)8-6-10-14(17)21-2/h4-7,9-10,12,14H,8H2,1-3H3/t12-,14-,17-/m0/s1. The molecule has 22 heavy (non-hydrogen) atoms. The fourth-order valence-corrected chi connectivity index (χ4v) is 3.78. The second-order valence-corrected chi connectivity index (χ2v) is 5.65. The molecule has 0 saturated heterocycles. The summed E-state index contributed by atoms with van der Waals surface area (Å²) in [6.07, 6.45) is 3.71. The summed E-state index contributed by atoms with van der Waals surface area (Å²) < 4.78 is 10.7. The van der Waals surface area contributed by atoms with Gasteiger partial charge in [0.25, 0.3) is 0 Å². The quantitative estimate of drug-likeness (QED) is 0.616. The highest BCUT2D eigenvalue weighted by atomic mass is 16.5. The summed E-state index contributed by atoms with van der Waals surface area (Å²) in [4.78, 5) is 27.3. The SMILES string of the molecule is COC(=O)[C@@]12c3ccccc3N(C)C(=O)[C@@H]1CC=C[C@@H]2OC. The molecule has 1 heterocycles. The van der Waals surface area contributed by atoms with Crippen LogP contribution in [0.5, 0.6) is 0 Å². The molecule has 1 aliphatic heterocycles. The minimum Gasteiger partial charge on any atom is -0.468 e. The molecule has 1 aromatic rings. The van der Waals surface area contributed by atoms with Crippen LogP contribution in [0.3, 0.4) is 0 Å². The fraction of sp³-hybridized carbons (Fsp3) is 0.412. The molecule has 5 nitrogen and oxygen atoms in total. The average molecular weight is 301 g/mol. The van der Waals surface area contributed by atoms with E-state index in [-0.39, 0.29) is 5.91 Å². The summed E-state index contributed by atoms with van der Waals surface area (Å²) in [5.74, 6) is -1.03. The Labute approximate surface area is 129 Å². The van der Waals surface area contributed by atoms with Gasteiger partial charge in [-0.15, -0.1) is 0 Å². The van der Waals surface area contributed by atoms with Gasteiger partial charge >= 0.3 is 5.97 Å². The molecule has 1 aromatic carbocycles. The van der Waals surface area contributed by atoms with Gasteiger partial charge < -0.3 is 14.4 Å². The van der Waals surface area contributed by atoms with E-state index in [0.29, 0.717) is 6.42 Å². The zero-order chi connectivity index (χ0) is 15.9. The number of carbonyl (C=O) groups is 2. The summed E-state index contributed by atoms with van der Waals surface area (Å²) >= 11 is 0. The summed E-state index contributed by atoms with van der Waals surface area (Å²) in [5.41, 5.74) is 0.384. The van der Waals surface area contributed by atoms with Crippen molar-refractivity contribution in [1.29, 1.82) is 0 Å². The monoisotopic (exact) mass is 301 g/mol. The molecule has 3 rings (SSSR count). The maximum absolute atomic E-state index is 12.8. The lowest BCUT2D eigenvalue weighted by Crippen LogP contribution is -2.61. The summed E-state index contributed by atoms with van der Waals surface area (Å²) in [6, 6.07) is 7.45. The van der Waals surface area contributed by atoms with Crippen molar-refractivity contribution in [3.05, 3.63) is 42.0 Å². The number of rotatable bonds is 2. The number of benzene rings is 1. The third kappa shape index (κ3) is 1.69. The second-order valence-electron chi connectivity index (χ2n) is 5.65. The van der Waals surface area contributed by atoms with Crippen molar-refractivity contribution in [2.75, 3.05) is 26.2 Å². The molecule has 0 N–H and O–H groups in total. The molecule has 0 bridgehead atoms. The van der Waals surface area contributed by atoms with Gasteiger partial charge in [0.2, 0.25) is 5.91 Å². The van der Waals surface area contributed by atoms with Gasteiger partial charge in [-0.3, -0.25) is 9.59 Å². The molecule has 1 amide bonds. The Balaban J connectivity index is 2.35. The first-order valence-corrected chi connectivity index (χ1v) is 7.24. The molecule has 116 valence electrons. The largest absolute Gasteiger partial charge is 0.468 e. The van der Waals surface area contributed by atoms with Crippen molar-refractivity contribution in [1.82, 2.24) is 0 Å². The zero-order valence-electron chi connectivity index (χ0n) is 12.9. The van der Waals surface area contributed by atoms with Gasteiger partial charge in [0.05, 0.1) is 19.1 Å². The molecule has 0 radical (unpaired) electrons. The van der Waals surface area contributed by atoms with Gasteiger partial charge in [0.15, 0.2) is 0 Å². The summed E-state index contributed by atoms with van der Waals surface area (Å²) in [5, 5.41) is 0. The van der Waals surface area contributed by atoms with Crippen molar-refractivity contribution in [2.45, 2.75) is 17.9 Å². The number of anilines is 1. The van der Waals surface area contributed by atoms with Gasteiger partial charge in [-0.2, -0.15) is 0 Å². The number of ether oxygens (including phenoxy) is 2. The topological polar surface area (TPSA) is 55.8 Å². The number of nitrogens with zero attached hydrogens (tertiary/aromatic N) is 1. The molecular weight excluding hydrogens is 282 g/mol. The molecule has 0 aromatic heterocycles.